The molecule has 0 nitrogen and oxygen atoms in total. The van der Waals surface area contributed by atoms with Crippen LogP contribution in [0.15, 0.2) is 78.9 Å². The molecule has 1 aliphatic rings. The normalized spacial score (nSPS) is 20.4. The third kappa shape index (κ3) is 2.78. The summed E-state index contributed by atoms with van der Waals surface area (Å²) >= 11 is 0. The van der Waals surface area contributed by atoms with Crippen LogP contribution >= 0.6 is 0 Å². The molecule has 0 amide bonds. The van der Waals surface area contributed by atoms with Gasteiger partial charge in [0.25, 0.3) is 0 Å². The summed E-state index contributed by atoms with van der Waals surface area (Å²) in [6.07, 6.45) is 1.28. The van der Waals surface area contributed by atoms with Crippen LogP contribution in [0.5, 0.6) is 0 Å². The van der Waals surface area contributed by atoms with Crippen LogP contribution in [0.2, 0.25) is 0 Å². The summed E-state index contributed by atoms with van der Waals surface area (Å²) in [5.41, 5.74) is 7.40. The van der Waals surface area contributed by atoms with Crippen LogP contribution in [-0.2, 0) is 0 Å². The zero-order chi connectivity index (χ0) is 18.4. The molecule has 1 aliphatic carbocycles. The van der Waals surface area contributed by atoms with Crippen LogP contribution in [0.25, 0.3) is 22.3 Å². The van der Waals surface area contributed by atoms with Gasteiger partial charge in [0.1, 0.15) is 0 Å². The Kier molecular flexibility index (Phi) is 4.03. The molecule has 1 saturated carbocycles. The molecule has 3 aromatic carbocycles. The van der Waals surface area contributed by atoms with Crippen LogP contribution in [0.4, 0.5) is 0 Å². The summed E-state index contributed by atoms with van der Waals surface area (Å²) in [6.45, 7) is 9.62. The highest BCUT2D eigenvalue weighted by molar-refractivity contribution is 5.70. The second-order valence-electron chi connectivity index (χ2n) is 8.93. The smallest absolute Gasteiger partial charge is 0.0100 e. The number of hydrogen-bond acceptors (Lipinski definition) is 0. The lowest BCUT2D eigenvalue weighted by atomic mass is 9.45. The van der Waals surface area contributed by atoms with Gasteiger partial charge in [-0.15, -0.1) is 0 Å². The molecule has 1 atom stereocenters. The summed E-state index contributed by atoms with van der Waals surface area (Å²) in [5, 5.41) is 0. The third-order valence-electron chi connectivity index (χ3n) is 6.97. The van der Waals surface area contributed by atoms with Crippen LogP contribution in [0, 0.1) is 10.8 Å². The molecule has 3 aromatic rings. The van der Waals surface area contributed by atoms with Crippen molar-refractivity contribution >= 4 is 0 Å². The predicted octanol–water partition coefficient (Wildman–Crippen LogP) is 7.56. The SMILES string of the molecule is CC1(C)CC(c2ccc(-c3ccc(-c4ccccc4)cc3)cc2)C1(C)C. The van der Waals surface area contributed by atoms with Gasteiger partial charge < -0.3 is 0 Å². The van der Waals surface area contributed by atoms with E-state index >= 15 is 0 Å². The van der Waals surface area contributed by atoms with E-state index < -0.39 is 0 Å². The molecule has 0 aromatic heterocycles. The van der Waals surface area contributed by atoms with Gasteiger partial charge in [0.05, 0.1) is 0 Å². The van der Waals surface area contributed by atoms with Crippen LogP contribution in [0.3, 0.4) is 0 Å². The van der Waals surface area contributed by atoms with E-state index in [-0.39, 0.29) is 0 Å². The largest absolute Gasteiger partial charge is 0.0622 e. The van der Waals surface area contributed by atoms with Crippen molar-refractivity contribution in [2.75, 3.05) is 0 Å². The molecule has 0 N–H and O–H groups in total. The Morgan fingerprint density at radius 3 is 1.42 bits per heavy atom. The quantitative estimate of drug-likeness (QED) is 0.461. The first kappa shape index (κ1) is 17.1. The Morgan fingerprint density at radius 1 is 0.577 bits per heavy atom. The Labute approximate surface area is 157 Å². The molecule has 1 unspecified atom stereocenters. The van der Waals surface area contributed by atoms with E-state index in [1.165, 1.54) is 34.2 Å². The minimum Gasteiger partial charge on any atom is -0.0622 e. The Balaban J connectivity index is 1.54. The van der Waals surface area contributed by atoms with Crippen molar-refractivity contribution < 1.29 is 0 Å². The minimum atomic E-state index is 0.367. The standard InChI is InChI=1S/C26H28/c1-25(2)18-24(26(25,3)4)23-16-14-22(15-17-23)21-12-10-20(11-13-21)19-8-6-5-7-9-19/h5-17,24H,18H2,1-4H3. The van der Waals surface area contributed by atoms with Crippen LogP contribution in [-0.4, -0.2) is 0 Å². The average Bonchev–Trinajstić information content (AvgIpc) is 2.67. The van der Waals surface area contributed by atoms with Crippen molar-refractivity contribution in [3.63, 3.8) is 0 Å². The zero-order valence-corrected chi connectivity index (χ0v) is 16.3. The lowest BCUT2D eigenvalue weighted by molar-refractivity contribution is -0.0487. The summed E-state index contributed by atoms with van der Waals surface area (Å²) in [4.78, 5) is 0. The van der Waals surface area contributed by atoms with Crippen molar-refractivity contribution in [1.29, 1.82) is 0 Å². The summed E-state index contributed by atoms with van der Waals surface area (Å²) < 4.78 is 0. The van der Waals surface area contributed by atoms with E-state index in [9.17, 15) is 0 Å². The van der Waals surface area contributed by atoms with E-state index in [1.807, 2.05) is 0 Å². The summed E-state index contributed by atoms with van der Waals surface area (Å²) in [7, 11) is 0. The van der Waals surface area contributed by atoms with E-state index in [2.05, 4.69) is 107 Å². The maximum Gasteiger partial charge on any atom is -0.0100 e. The maximum absolute atomic E-state index is 2.41. The molecular weight excluding hydrogens is 312 g/mol. The molecule has 0 radical (unpaired) electrons. The fraction of sp³-hybridized carbons (Fsp3) is 0.308. The molecule has 4 rings (SSSR count). The lowest BCUT2D eigenvalue weighted by Crippen LogP contribution is -2.49. The molecular formula is C26H28. The average molecular weight is 341 g/mol. The van der Waals surface area contributed by atoms with Gasteiger partial charge in [-0.05, 0) is 51.0 Å². The monoisotopic (exact) mass is 340 g/mol. The molecule has 0 heteroatoms. The lowest BCUT2D eigenvalue weighted by Gasteiger charge is -2.59. The highest BCUT2D eigenvalue weighted by Gasteiger charge is 2.54. The molecule has 0 aliphatic heterocycles. The highest BCUT2D eigenvalue weighted by Crippen LogP contribution is 2.64. The maximum atomic E-state index is 2.41. The summed E-state index contributed by atoms with van der Waals surface area (Å²) in [6, 6.07) is 28.7. The molecule has 1 fully saturated rings. The molecule has 132 valence electrons. The van der Waals surface area contributed by atoms with Gasteiger partial charge in [0, 0.05) is 0 Å². The first-order chi connectivity index (χ1) is 12.4. The number of hydrogen-bond donors (Lipinski definition) is 0. The number of benzene rings is 3. The van der Waals surface area contributed by atoms with Gasteiger partial charge in [0.2, 0.25) is 0 Å². The van der Waals surface area contributed by atoms with E-state index in [1.54, 1.807) is 0 Å². The van der Waals surface area contributed by atoms with Gasteiger partial charge >= 0.3 is 0 Å². The van der Waals surface area contributed by atoms with Crippen molar-refractivity contribution in [1.82, 2.24) is 0 Å². The topological polar surface area (TPSA) is 0 Å². The Bertz CT molecular complexity index is 881. The van der Waals surface area contributed by atoms with Gasteiger partial charge in [-0.25, -0.2) is 0 Å². The van der Waals surface area contributed by atoms with E-state index in [0.717, 1.165) is 0 Å². The predicted molar refractivity (Wildman–Crippen MR) is 112 cm³/mol. The first-order valence-electron chi connectivity index (χ1n) is 9.64. The van der Waals surface area contributed by atoms with Gasteiger partial charge in [-0.2, -0.15) is 0 Å². The van der Waals surface area contributed by atoms with Crippen molar-refractivity contribution in [3.05, 3.63) is 84.4 Å². The molecule has 0 heterocycles. The third-order valence-corrected chi connectivity index (χ3v) is 6.97. The second kappa shape index (κ2) is 6.13. The van der Waals surface area contributed by atoms with Gasteiger partial charge in [-0.3, -0.25) is 0 Å². The minimum absolute atomic E-state index is 0.367. The fourth-order valence-corrected chi connectivity index (χ4v) is 4.30. The fourth-order valence-electron chi connectivity index (χ4n) is 4.30. The van der Waals surface area contributed by atoms with E-state index in [0.29, 0.717) is 16.7 Å². The molecule has 26 heavy (non-hydrogen) atoms. The van der Waals surface area contributed by atoms with Crippen molar-refractivity contribution in [3.8, 4) is 22.3 Å². The highest BCUT2D eigenvalue weighted by atomic mass is 14.6. The zero-order valence-electron chi connectivity index (χ0n) is 16.3. The molecule has 0 bridgehead atoms. The molecule has 0 spiro atoms. The van der Waals surface area contributed by atoms with Gasteiger partial charge in [-0.1, -0.05) is 107 Å². The first-order valence-corrected chi connectivity index (χ1v) is 9.64. The van der Waals surface area contributed by atoms with Crippen molar-refractivity contribution in [2.45, 2.75) is 40.0 Å². The van der Waals surface area contributed by atoms with Gasteiger partial charge in [0.15, 0.2) is 0 Å². The number of rotatable bonds is 3. The van der Waals surface area contributed by atoms with Crippen LogP contribution < -0.4 is 0 Å². The Morgan fingerprint density at radius 2 is 1.00 bits per heavy atom. The van der Waals surface area contributed by atoms with Crippen molar-refractivity contribution in [2.24, 2.45) is 10.8 Å². The molecule has 0 saturated heterocycles. The van der Waals surface area contributed by atoms with E-state index in [4.69, 9.17) is 0 Å². The Hall–Kier alpha value is -2.34. The van der Waals surface area contributed by atoms with Crippen LogP contribution in [0.1, 0.15) is 45.6 Å². The second-order valence-corrected chi connectivity index (χ2v) is 8.93. The summed E-state index contributed by atoms with van der Waals surface area (Å²) in [5.74, 6) is 0.673.